The molecule has 0 amide bonds. The average Bonchev–Trinajstić information content (AvgIpc) is 2.18. The fourth-order valence-electron chi connectivity index (χ4n) is 1.35. The lowest BCUT2D eigenvalue weighted by Gasteiger charge is -2.24. The van der Waals surface area contributed by atoms with Crippen LogP contribution < -0.4 is 0 Å². The molecule has 0 radical (unpaired) electrons. The molecule has 1 unspecified atom stereocenters. The third kappa shape index (κ3) is 4.34. The van der Waals surface area contributed by atoms with Gasteiger partial charge >= 0.3 is 7.87 Å². The third-order valence-corrected chi connectivity index (χ3v) is 5.37. The van der Waals surface area contributed by atoms with Crippen LogP contribution in [0.3, 0.4) is 0 Å². The number of hydrogen-bond donors (Lipinski definition) is 0. The average molecular weight is 245 g/mol. The van der Waals surface area contributed by atoms with E-state index in [0.717, 1.165) is 5.56 Å². The summed E-state index contributed by atoms with van der Waals surface area (Å²) in [6.07, 6.45) is 0.0952. The van der Waals surface area contributed by atoms with Gasteiger partial charge in [0.05, 0.1) is 0 Å². The normalized spacial score (nSPS) is 15.3. The fraction of sp³-hybridized carbons (Fsp3) is 0.455. The molecule has 0 fully saturated rings. The van der Waals surface area contributed by atoms with Crippen molar-refractivity contribution in [3.8, 4) is 0 Å². The van der Waals surface area contributed by atoms with Crippen LogP contribution in [0.25, 0.3) is 0 Å². The Bertz CT molecular complexity index is 292. The van der Waals surface area contributed by atoms with Gasteiger partial charge in [0.25, 0.3) is 0 Å². The van der Waals surface area contributed by atoms with Crippen molar-refractivity contribution < 1.29 is 8.85 Å². The van der Waals surface area contributed by atoms with Gasteiger partial charge in [0.1, 0.15) is 0 Å². The summed E-state index contributed by atoms with van der Waals surface area (Å²) in [5.41, 5.74) is 1.15. The highest BCUT2D eigenvalue weighted by atomic mass is 35.6. The summed E-state index contributed by atoms with van der Waals surface area (Å²) >= 11 is 6.35. The maximum atomic E-state index is 6.35. The highest BCUT2D eigenvalue weighted by Crippen LogP contribution is 2.20. The number of halogens is 1. The monoisotopic (exact) mass is 244 g/mol. The van der Waals surface area contributed by atoms with E-state index in [0.29, 0.717) is 6.04 Å². The maximum absolute atomic E-state index is 6.35. The zero-order valence-electron chi connectivity index (χ0n) is 9.37. The van der Waals surface area contributed by atoms with E-state index in [1.165, 1.54) is 0 Å². The van der Waals surface area contributed by atoms with E-state index in [1.807, 2.05) is 44.2 Å². The highest BCUT2D eigenvalue weighted by Gasteiger charge is 2.36. The molecule has 1 aromatic rings. The fourth-order valence-corrected chi connectivity index (χ4v) is 4.10. The lowest BCUT2D eigenvalue weighted by molar-refractivity contribution is 0.169. The second-order valence-corrected chi connectivity index (χ2v) is 7.74. The van der Waals surface area contributed by atoms with Gasteiger partial charge in [-0.3, -0.25) is 0 Å². The van der Waals surface area contributed by atoms with Gasteiger partial charge in [0, 0.05) is 19.3 Å². The topological polar surface area (TPSA) is 18.5 Å². The quantitative estimate of drug-likeness (QED) is 0.586. The molecule has 0 saturated carbocycles. The van der Waals surface area contributed by atoms with Crippen LogP contribution in [0.4, 0.5) is 0 Å². The summed E-state index contributed by atoms with van der Waals surface area (Å²) < 4.78 is 11.0. The number of rotatable bonds is 5. The molecular weight excluding hydrogens is 228 g/mol. The van der Waals surface area contributed by atoms with Crippen molar-refractivity contribution in [2.24, 2.45) is 0 Å². The van der Waals surface area contributed by atoms with Crippen molar-refractivity contribution in [2.45, 2.75) is 26.0 Å². The molecule has 0 aliphatic heterocycles. The summed E-state index contributed by atoms with van der Waals surface area (Å²) in [6.45, 7) is 3.93. The minimum absolute atomic E-state index is 0.0952. The zero-order valence-corrected chi connectivity index (χ0v) is 11.1. The van der Waals surface area contributed by atoms with Crippen molar-refractivity contribution in [1.82, 2.24) is 0 Å². The van der Waals surface area contributed by atoms with Gasteiger partial charge in [-0.2, -0.15) is 0 Å². The van der Waals surface area contributed by atoms with E-state index in [2.05, 4.69) is 0 Å². The van der Waals surface area contributed by atoms with Crippen LogP contribution in [-0.2, 0) is 14.9 Å². The lowest BCUT2D eigenvalue weighted by Crippen LogP contribution is -2.40. The molecule has 0 aliphatic rings. The third-order valence-electron chi connectivity index (χ3n) is 1.97. The SMILES string of the molecule is CO[Si](Cl)(Cc1ccccc1)OC(C)C. The number of benzene rings is 1. The van der Waals surface area contributed by atoms with E-state index in [4.69, 9.17) is 19.9 Å². The molecule has 0 aromatic heterocycles. The predicted molar refractivity (Wildman–Crippen MR) is 65.0 cm³/mol. The first-order valence-corrected chi connectivity index (χ1v) is 8.05. The van der Waals surface area contributed by atoms with Gasteiger partial charge in [-0.05, 0) is 19.4 Å². The molecule has 84 valence electrons. The van der Waals surface area contributed by atoms with Crippen molar-refractivity contribution in [2.75, 3.05) is 7.11 Å². The van der Waals surface area contributed by atoms with Crippen LogP contribution in [0, 0.1) is 0 Å². The molecular formula is C11H17ClO2Si. The Balaban J connectivity index is 2.68. The van der Waals surface area contributed by atoms with Crippen LogP contribution in [0.2, 0.25) is 0 Å². The predicted octanol–water partition coefficient (Wildman–Crippen LogP) is 3.02. The number of hydrogen-bond acceptors (Lipinski definition) is 2. The Hall–Kier alpha value is -0.353. The summed E-state index contributed by atoms with van der Waals surface area (Å²) in [4.78, 5) is 0. The van der Waals surface area contributed by atoms with Crippen molar-refractivity contribution in [3.05, 3.63) is 35.9 Å². The second kappa shape index (κ2) is 5.65. The molecule has 0 spiro atoms. The van der Waals surface area contributed by atoms with Crippen molar-refractivity contribution in [3.63, 3.8) is 0 Å². The minimum Gasteiger partial charge on any atom is -0.386 e. The molecule has 4 heteroatoms. The largest absolute Gasteiger partial charge is 0.447 e. The van der Waals surface area contributed by atoms with Crippen LogP contribution >= 0.6 is 11.1 Å². The molecule has 0 aliphatic carbocycles. The van der Waals surface area contributed by atoms with Crippen LogP contribution in [0.5, 0.6) is 0 Å². The molecule has 15 heavy (non-hydrogen) atoms. The Morgan fingerprint density at radius 1 is 1.27 bits per heavy atom. The van der Waals surface area contributed by atoms with Gasteiger partial charge in [-0.1, -0.05) is 41.4 Å². The van der Waals surface area contributed by atoms with Crippen molar-refractivity contribution in [1.29, 1.82) is 0 Å². The lowest BCUT2D eigenvalue weighted by atomic mass is 10.2. The Labute approximate surface area is 97.1 Å². The summed E-state index contributed by atoms with van der Waals surface area (Å²) in [5, 5.41) is 0. The molecule has 0 heterocycles. The Morgan fingerprint density at radius 3 is 2.33 bits per heavy atom. The van der Waals surface area contributed by atoms with E-state index in [1.54, 1.807) is 7.11 Å². The van der Waals surface area contributed by atoms with Gasteiger partial charge < -0.3 is 8.85 Å². The summed E-state index contributed by atoms with van der Waals surface area (Å²) in [7, 11) is -0.939. The standard InChI is InChI=1S/C11H17ClO2Si/c1-10(2)14-15(12,13-3)9-11-7-5-4-6-8-11/h4-8,10H,9H2,1-3H3. The zero-order chi connectivity index (χ0) is 11.3. The first-order valence-electron chi connectivity index (χ1n) is 5.01. The van der Waals surface area contributed by atoms with Crippen LogP contribution in [-0.4, -0.2) is 21.1 Å². The smallest absolute Gasteiger partial charge is 0.386 e. The van der Waals surface area contributed by atoms with Crippen molar-refractivity contribution >= 4 is 18.9 Å². The Morgan fingerprint density at radius 2 is 1.87 bits per heavy atom. The van der Waals surface area contributed by atoms with E-state index >= 15 is 0 Å². The Kier molecular flexibility index (Phi) is 4.79. The molecule has 2 nitrogen and oxygen atoms in total. The molecule has 0 saturated heterocycles. The first-order chi connectivity index (χ1) is 7.06. The molecule has 0 N–H and O–H groups in total. The van der Waals surface area contributed by atoms with Gasteiger partial charge in [-0.25, -0.2) is 0 Å². The van der Waals surface area contributed by atoms with Crippen LogP contribution in [0.1, 0.15) is 19.4 Å². The van der Waals surface area contributed by atoms with Crippen LogP contribution in [0.15, 0.2) is 30.3 Å². The molecule has 0 bridgehead atoms. The van der Waals surface area contributed by atoms with E-state index < -0.39 is 7.87 Å². The molecule has 1 aromatic carbocycles. The molecule has 1 rings (SSSR count). The van der Waals surface area contributed by atoms with Gasteiger partial charge in [0.15, 0.2) is 0 Å². The molecule has 1 atom stereocenters. The van der Waals surface area contributed by atoms with E-state index in [9.17, 15) is 0 Å². The summed E-state index contributed by atoms with van der Waals surface area (Å²) in [6, 6.07) is 10.7. The van der Waals surface area contributed by atoms with Gasteiger partial charge in [-0.15, -0.1) is 0 Å². The second-order valence-electron chi connectivity index (χ2n) is 3.69. The maximum Gasteiger partial charge on any atom is 0.447 e. The first kappa shape index (κ1) is 12.7. The van der Waals surface area contributed by atoms with E-state index in [-0.39, 0.29) is 6.10 Å². The summed E-state index contributed by atoms with van der Waals surface area (Å²) in [5.74, 6) is 0. The van der Waals surface area contributed by atoms with Gasteiger partial charge in [0.2, 0.25) is 0 Å². The minimum atomic E-state index is -2.56. The highest BCUT2D eigenvalue weighted by molar-refractivity contribution is 7.12.